The molecule has 0 spiro atoms. The van der Waals surface area contributed by atoms with Gasteiger partial charge in [0.15, 0.2) is 0 Å². The molecule has 1 fully saturated rings. The molecule has 126 valence electrons. The third kappa shape index (κ3) is 2.70. The maximum Gasteiger partial charge on any atom is 0.0533 e. The zero-order valence-corrected chi connectivity index (χ0v) is 14.9. The number of aromatic amines is 1. The van der Waals surface area contributed by atoms with Crippen molar-refractivity contribution in [3.05, 3.63) is 69.9 Å². The minimum absolute atomic E-state index is 0.703. The molecule has 25 heavy (non-hydrogen) atoms. The minimum Gasteiger partial charge on any atom is -0.357 e. The fraction of sp³-hybridized carbons (Fsp3) is 0.273. The van der Waals surface area contributed by atoms with Crippen molar-refractivity contribution in [3.63, 3.8) is 0 Å². The number of fused-ring (bicyclic) bond motifs is 3. The van der Waals surface area contributed by atoms with Gasteiger partial charge in [-0.05, 0) is 54.8 Å². The number of H-pyrrole nitrogens is 1. The van der Waals surface area contributed by atoms with Gasteiger partial charge in [-0.25, -0.2) is 0 Å². The van der Waals surface area contributed by atoms with Gasteiger partial charge in [0.25, 0.3) is 0 Å². The van der Waals surface area contributed by atoms with Crippen LogP contribution in [0, 0.1) is 0 Å². The monoisotopic (exact) mass is 348 g/mol. The summed E-state index contributed by atoms with van der Waals surface area (Å²) in [5.74, 6) is 0.703. The minimum atomic E-state index is 0.703. The van der Waals surface area contributed by atoms with E-state index in [2.05, 4.69) is 52.4 Å². The van der Waals surface area contributed by atoms with Crippen LogP contribution in [0.1, 0.15) is 41.1 Å². The molecule has 2 aromatic carbocycles. The molecule has 3 heteroatoms. The first-order valence-electron chi connectivity index (χ1n) is 9.07. The molecule has 3 aliphatic heterocycles. The zero-order chi connectivity index (χ0) is 16.8. The molecule has 3 aliphatic rings. The smallest absolute Gasteiger partial charge is 0.0533 e. The van der Waals surface area contributed by atoms with Crippen molar-refractivity contribution in [3.8, 4) is 0 Å². The summed E-state index contributed by atoms with van der Waals surface area (Å²) < 4.78 is 0. The molecule has 3 aromatic rings. The van der Waals surface area contributed by atoms with Gasteiger partial charge in [0.1, 0.15) is 0 Å². The Bertz CT molecular complexity index is 944. The summed E-state index contributed by atoms with van der Waals surface area (Å²) in [7, 11) is 0. The van der Waals surface area contributed by atoms with Crippen molar-refractivity contribution in [1.82, 2.24) is 9.88 Å². The highest BCUT2D eigenvalue weighted by Crippen LogP contribution is 2.39. The molecule has 1 aromatic heterocycles. The number of rotatable bonds is 2. The normalized spacial score (nSPS) is 22.4. The molecule has 0 aliphatic carbocycles. The van der Waals surface area contributed by atoms with Crippen LogP contribution in [0.3, 0.4) is 0 Å². The molecule has 0 unspecified atom stereocenters. The van der Waals surface area contributed by atoms with E-state index in [1.54, 1.807) is 0 Å². The lowest BCUT2D eigenvalue weighted by Gasteiger charge is -2.26. The van der Waals surface area contributed by atoms with Crippen LogP contribution in [-0.4, -0.2) is 23.0 Å². The van der Waals surface area contributed by atoms with E-state index in [0.29, 0.717) is 5.92 Å². The lowest BCUT2D eigenvalue weighted by Crippen LogP contribution is -2.29. The Labute approximate surface area is 153 Å². The number of nitrogens with one attached hydrogen (secondary N) is 1. The standard InChI is InChI=1S/C22H21ClN2/c23-18-8-5-15(6-9-18)4-7-16-2-1-3-19-20-14-25-12-10-17(11-13-25)22(20)24-21(16)19/h1-9,17,24H,10-14H2/b7-4+. The van der Waals surface area contributed by atoms with E-state index in [1.807, 2.05) is 12.1 Å². The van der Waals surface area contributed by atoms with E-state index >= 15 is 0 Å². The first-order chi connectivity index (χ1) is 12.3. The number of aromatic nitrogens is 1. The third-order valence-electron chi connectivity index (χ3n) is 5.71. The van der Waals surface area contributed by atoms with Crippen molar-refractivity contribution < 1.29 is 0 Å². The third-order valence-corrected chi connectivity index (χ3v) is 5.96. The van der Waals surface area contributed by atoms with Crippen LogP contribution in [0.2, 0.25) is 5.02 Å². The van der Waals surface area contributed by atoms with Gasteiger partial charge in [-0.3, -0.25) is 4.90 Å². The summed E-state index contributed by atoms with van der Waals surface area (Å²) in [5.41, 5.74) is 6.72. The second-order valence-electron chi connectivity index (χ2n) is 7.22. The van der Waals surface area contributed by atoms with Crippen LogP contribution in [-0.2, 0) is 6.54 Å². The highest BCUT2D eigenvalue weighted by atomic mass is 35.5. The lowest BCUT2D eigenvalue weighted by molar-refractivity contribution is 0.220. The highest BCUT2D eigenvalue weighted by Gasteiger charge is 2.30. The van der Waals surface area contributed by atoms with Crippen molar-refractivity contribution in [2.24, 2.45) is 0 Å². The van der Waals surface area contributed by atoms with Crippen LogP contribution in [0.15, 0.2) is 42.5 Å². The number of nitrogens with zero attached hydrogens (tertiary/aromatic N) is 1. The first-order valence-corrected chi connectivity index (χ1v) is 9.45. The maximum atomic E-state index is 5.98. The van der Waals surface area contributed by atoms with Gasteiger partial charge in [0.05, 0.1) is 5.52 Å². The molecule has 1 saturated heterocycles. The second-order valence-corrected chi connectivity index (χ2v) is 7.66. The van der Waals surface area contributed by atoms with Crippen molar-refractivity contribution in [1.29, 1.82) is 0 Å². The fourth-order valence-electron chi connectivity index (χ4n) is 4.34. The van der Waals surface area contributed by atoms with E-state index in [1.165, 1.54) is 59.2 Å². The number of benzene rings is 2. The lowest BCUT2D eigenvalue weighted by atomic mass is 9.94. The topological polar surface area (TPSA) is 19.0 Å². The zero-order valence-electron chi connectivity index (χ0n) is 14.1. The van der Waals surface area contributed by atoms with Crippen molar-refractivity contribution in [2.75, 3.05) is 13.1 Å². The van der Waals surface area contributed by atoms with Crippen molar-refractivity contribution >= 4 is 34.7 Å². The fourth-order valence-corrected chi connectivity index (χ4v) is 4.46. The molecule has 2 nitrogen and oxygen atoms in total. The Morgan fingerprint density at radius 1 is 1.00 bits per heavy atom. The molecule has 2 bridgehead atoms. The van der Waals surface area contributed by atoms with E-state index in [9.17, 15) is 0 Å². The van der Waals surface area contributed by atoms with Gasteiger partial charge in [0, 0.05) is 28.6 Å². The van der Waals surface area contributed by atoms with Gasteiger partial charge >= 0.3 is 0 Å². The van der Waals surface area contributed by atoms with Gasteiger partial charge in [-0.1, -0.05) is 54.1 Å². The molecule has 0 saturated carbocycles. The Balaban J connectivity index is 1.58. The predicted molar refractivity (Wildman–Crippen MR) is 106 cm³/mol. The summed E-state index contributed by atoms with van der Waals surface area (Å²) in [6.07, 6.45) is 6.94. The van der Waals surface area contributed by atoms with E-state index in [-0.39, 0.29) is 0 Å². The summed E-state index contributed by atoms with van der Waals surface area (Å²) in [6.45, 7) is 3.58. The number of hydrogen-bond acceptors (Lipinski definition) is 1. The van der Waals surface area contributed by atoms with Crippen LogP contribution in [0.4, 0.5) is 0 Å². The van der Waals surface area contributed by atoms with E-state index in [4.69, 9.17) is 11.6 Å². The van der Waals surface area contributed by atoms with Crippen LogP contribution >= 0.6 is 11.6 Å². The Kier molecular flexibility index (Phi) is 3.69. The summed E-state index contributed by atoms with van der Waals surface area (Å²) in [6, 6.07) is 14.6. The quantitative estimate of drug-likeness (QED) is 0.590. The average Bonchev–Trinajstić information content (AvgIpc) is 2.82. The van der Waals surface area contributed by atoms with E-state index < -0.39 is 0 Å². The molecule has 4 heterocycles. The molecule has 0 radical (unpaired) electrons. The Morgan fingerprint density at radius 3 is 2.60 bits per heavy atom. The summed E-state index contributed by atoms with van der Waals surface area (Å²) in [4.78, 5) is 6.40. The number of piperidine rings is 1. The highest BCUT2D eigenvalue weighted by molar-refractivity contribution is 6.30. The molecular weight excluding hydrogens is 328 g/mol. The number of hydrogen-bond donors (Lipinski definition) is 1. The average molecular weight is 349 g/mol. The summed E-state index contributed by atoms with van der Waals surface area (Å²) >= 11 is 5.98. The van der Waals surface area contributed by atoms with Gasteiger partial charge in [0.2, 0.25) is 0 Å². The Morgan fingerprint density at radius 2 is 1.80 bits per heavy atom. The molecule has 0 amide bonds. The predicted octanol–water partition coefficient (Wildman–Crippen LogP) is 5.68. The molecule has 0 atom stereocenters. The van der Waals surface area contributed by atoms with E-state index in [0.717, 1.165) is 11.6 Å². The van der Waals surface area contributed by atoms with Gasteiger partial charge in [-0.2, -0.15) is 0 Å². The summed E-state index contributed by atoms with van der Waals surface area (Å²) in [5, 5.41) is 2.17. The number of para-hydroxylation sites is 1. The second kappa shape index (κ2) is 6.05. The van der Waals surface area contributed by atoms with Gasteiger partial charge < -0.3 is 4.98 Å². The largest absolute Gasteiger partial charge is 0.357 e. The molecule has 6 rings (SSSR count). The Hall–Kier alpha value is -2.03. The van der Waals surface area contributed by atoms with Crippen LogP contribution < -0.4 is 0 Å². The van der Waals surface area contributed by atoms with Gasteiger partial charge in [-0.15, -0.1) is 0 Å². The van der Waals surface area contributed by atoms with Crippen LogP contribution in [0.25, 0.3) is 23.1 Å². The molecular formula is C22H21ClN2. The SMILES string of the molecule is Clc1ccc(/C=C/c2cccc3c4c([nH]c23)C2CCN(CC2)C4)cc1. The van der Waals surface area contributed by atoms with Crippen LogP contribution in [0.5, 0.6) is 0 Å². The first kappa shape index (κ1) is 15.2. The maximum absolute atomic E-state index is 5.98. The number of halogens is 1. The molecule has 1 N–H and O–H groups in total. The van der Waals surface area contributed by atoms with Crippen molar-refractivity contribution in [2.45, 2.75) is 25.3 Å².